The number of amides is 1. The van der Waals surface area contributed by atoms with Gasteiger partial charge in [-0.15, -0.1) is 0 Å². The van der Waals surface area contributed by atoms with Gasteiger partial charge < -0.3 is 5.32 Å². The van der Waals surface area contributed by atoms with Crippen molar-refractivity contribution in [2.24, 2.45) is 0 Å². The van der Waals surface area contributed by atoms with E-state index in [4.69, 9.17) is 0 Å². The fraction of sp³-hybridized carbons (Fsp3) is 0.200. The highest BCUT2D eigenvalue weighted by atomic mass is 16.1. The minimum atomic E-state index is -0.143. The molecule has 0 spiro atoms. The molecule has 3 nitrogen and oxygen atoms in total. The Hall–Kier alpha value is -2.16. The standard InChI is InChI=1S/C15H16N2O/c1-11-8-9-16-14(10-11)15(18)17-12(2)13-6-4-3-5-7-13/h3-10,12H,1-2H3,(H,17,18). The highest BCUT2D eigenvalue weighted by Gasteiger charge is 2.11. The van der Waals surface area contributed by atoms with Crippen LogP contribution in [0.3, 0.4) is 0 Å². The lowest BCUT2D eigenvalue weighted by molar-refractivity contribution is 0.0935. The minimum absolute atomic E-state index is 0.0268. The van der Waals surface area contributed by atoms with E-state index in [2.05, 4.69) is 10.3 Å². The second-order valence-corrected chi connectivity index (χ2v) is 4.32. The largest absolute Gasteiger partial charge is 0.344 e. The highest BCUT2D eigenvalue weighted by molar-refractivity contribution is 5.92. The summed E-state index contributed by atoms with van der Waals surface area (Å²) >= 11 is 0. The van der Waals surface area contributed by atoms with Crippen LogP contribution >= 0.6 is 0 Å². The van der Waals surface area contributed by atoms with E-state index in [-0.39, 0.29) is 11.9 Å². The number of pyridine rings is 1. The SMILES string of the molecule is Cc1ccnc(C(=O)NC(C)c2ccccc2)c1. The van der Waals surface area contributed by atoms with Gasteiger partial charge in [-0.05, 0) is 37.1 Å². The van der Waals surface area contributed by atoms with Crippen LogP contribution in [0.4, 0.5) is 0 Å². The summed E-state index contributed by atoms with van der Waals surface area (Å²) in [6.45, 7) is 3.90. The second-order valence-electron chi connectivity index (χ2n) is 4.32. The Labute approximate surface area is 107 Å². The Morgan fingerprint density at radius 2 is 1.94 bits per heavy atom. The topological polar surface area (TPSA) is 42.0 Å². The monoisotopic (exact) mass is 240 g/mol. The molecule has 0 aliphatic heterocycles. The first-order valence-corrected chi connectivity index (χ1v) is 5.95. The van der Waals surface area contributed by atoms with Crippen LogP contribution in [0.15, 0.2) is 48.7 Å². The number of nitrogens with zero attached hydrogens (tertiary/aromatic N) is 1. The molecule has 1 aromatic heterocycles. The summed E-state index contributed by atoms with van der Waals surface area (Å²) in [7, 11) is 0. The molecule has 0 bridgehead atoms. The first-order chi connectivity index (χ1) is 8.66. The molecule has 2 rings (SSSR count). The van der Waals surface area contributed by atoms with Crippen molar-refractivity contribution in [3.05, 3.63) is 65.5 Å². The van der Waals surface area contributed by atoms with Crippen LogP contribution in [0, 0.1) is 6.92 Å². The van der Waals surface area contributed by atoms with Gasteiger partial charge in [-0.1, -0.05) is 30.3 Å². The Balaban J connectivity index is 2.08. The fourth-order valence-electron chi connectivity index (χ4n) is 1.76. The second kappa shape index (κ2) is 5.45. The van der Waals surface area contributed by atoms with Gasteiger partial charge in [0.1, 0.15) is 5.69 Å². The number of aromatic nitrogens is 1. The van der Waals surface area contributed by atoms with Crippen LogP contribution in [0.25, 0.3) is 0 Å². The summed E-state index contributed by atoms with van der Waals surface area (Å²) in [5.41, 5.74) is 2.57. The third-order valence-corrected chi connectivity index (χ3v) is 2.80. The van der Waals surface area contributed by atoms with E-state index >= 15 is 0 Å². The molecule has 18 heavy (non-hydrogen) atoms. The van der Waals surface area contributed by atoms with Crippen molar-refractivity contribution in [3.63, 3.8) is 0 Å². The van der Waals surface area contributed by atoms with Gasteiger partial charge in [0.15, 0.2) is 0 Å². The molecule has 0 aliphatic carbocycles. The Morgan fingerprint density at radius 3 is 2.61 bits per heavy atom. The molecule has 0 fully saturated rings. The summed E-state index contributed by atoms with van der Waals surface area (Å²) in [4.78, 5) is 16.1. The lowest BCUT2D eigenvalue weighted by Gasteiger charge is -2.13. The number of benzene rings is 1. The summed E-state index contributed by atoms with van der Waals surface area (Å²) in [6, 6.07) is 13.5. The van der Waals surface area contributed by atoms with Gasteiger partial charge in [-0.2, -0.15) is 0 Å². The molecular weight excluding hydrogens is 224 g/mol. The Kier molecular flexibility index (Phi) is 3.72. The normalized spacial score (nSPS) is 11.9. The maximum atomic E-state index is 12.0. The number of hydrogen-bond acceptors (Lipinski definition) is 2. The maximum Gasteiger partial charge on any atom is 0.270 e. The third kappa shape index (κ3) is 2.94. The predicted molar refractivity (Wildman–Crippen MR) is 71.3 cm³/mol. The Bertz CT molecular complexity index is 537. The molecule has 0 aliphatic rings. The van der Waals surface area contributed by atoms with Crippen molar-refractivity contribution >= 4 is 5.91 Å². The molecule has 3 heteroatoms. The van der Waals surface area contributed by atoms with E-state index in [0.29, 0.717) is 5.69 Å². The van der Waals surface area contributed by atoms with Gasteiger partial charge >= 0.3 is 0 Å². The van der Waals surface area contributed by atoms with E-state index in [1.807, 2.05) is 50.2 Å². The predicted octanol–water partition coefficient (Wildman–Crippen LogP) is 2.88. The van der Waals surface area contributed by atoms with Crippen LogP contribution in [-0.2, 0) is 0 Å². The third-order valence-electron chi connectivity index (χ3n) is 2.80. The lowest BCUT2D eigenvalue weighted by atomic mass is 10.1. The van der Waals surface area contributed by atoms with Crippen LogP contribution in [0.5, 0.6) is 0 Å². The number of carbonyl (C=O) groups excluding carboxylic acids is 1. The van der Waals surface area contributed by atoms with Gasteiger partial charge in [0.2, 0.25) is 0 Å². The molecule has 1 heterocycles. The lowest BCUT2D eigenvalue weighted by Crippen LogP contribution is -2.27. The minimum Gasteiger partial charge on any atom is -0.344 e. The zero-order chi connectivity index (χ0) is 13.0. The average Bonchev–Trinajstić information content (AvgIpc) is 2.39. The molecule has 1 N–H and O–H groups in total. The molecule has 1 aromatic carbocycles. The Morgan fingerprint density at radius 1 is 1.22 bits per heavy atom. The first-order valence-electron chi connectivity index (χ1n) is 5.95. The van der Waals surface area contributed by atoms with Gasteiger partial charge in [0, 0.05) is 6.20 Å². The first kappa shape index (κ1) is 12.3. The van der Waals surface area contributed by atoms with E-state index in [9.17, 15) is 4.79 Å². The van der Waals surface area contributed by atoms with Crippen molar-refractivity contribution in [3.8, 4) is 0 Å². The van der Waals surface area contributed by atoms with E-state index in [0.717, 1.165) is 11.1 Å². The van der Waals surface area contributed by atoms with Crippen LogP contribution in [0.1, 0.15) is 34.6 Å². The van der Waals surface area contributed by atoms with Crippen LogP contribution < -0.4 is 5.32 Å². The number of carbonyl (C=O) groups is 1. The molecular formula is C15H16N2O. The molecule has 1 amide bonds. The van der Waals surface area contributed by atoms with Crippen LogP contribution in [0.2, 0.25) is 0 Å². The van der Waals surface area contributed by atoms with E-state index in [1.54, 1.807) is 12.3 Å². The molecule has 1 atom stereocenters. The number of hydrogen-bond donors (Lipinski definition) is 1. The summed E-state index contributed by atoms with van der Waals surface area (Å²) in [5.74, 6) is -0.143. The molecule has 0 radical (unpaired) electrons. The van der Waals surface area contributed by atoms with Crippen molar-refractivity contribution in [2.75, 3.05) is 0 Å². The number of nitrogens with one attached hydrogen (secondary N) is 1. The fourth-order valence-corrected chi connectivity index (χ4v) is 1.76. The quantitative estimate of drug-likeness (QED) is 0.896. The zero-order valence-corrected chi connectivity index (χ0v) is 10.6. The van der Waals surface area contributed by atoms with Crippen molar-refractivity contribution in [2.45, 2.75) is 19.9 Å². The average molecular weight is 240 g/mol. The number of rotatable bonds is 3. The summed E-state index contributed by atoms with van der Waals surface area (Å²) in [6.07, 6.45) is 1.65. The van der Waals surface area contributed by atoms with E-state index < -0.39 is 0 Å². The zero-order valence-electron chi connectivity index (χ0n) is 10.6. The van der Waals surface area contributed by atoms with Crippen molar-refractivity contribution in [1.82, 2.24) is 10.3 Å². The number of aryl methyl sites for hydroxylation is 1. The van der Waals surface area contributed by atoms with E-state index in [1.165, 1.54) is 0 Å². The molecule has 1 unspecified atom stereocenters. The van der Waals surface area contributed by atoms with Gasteiger partial charge in [0.05, 0.1) is 6.04 Å². The van der Waals surface area contributed by atoms with Crippen molar-refractivity contribution < 1.29 is 4.79 Å². The summed E-state index contributed by atoms with van der Waals surface area (Å²) in [5, 5.41) is 2.94. The van der Waals surface area contributed by atoms with Gasteiger partial charge in [-0.25, -0.2) is 0 Å². The molecule has 0 saturated heterocycles. The maximum absolute atomic E-state index is 12.0. The summed E-state index contributed by atoms with van der Waals surface area (Å²) < 4.78 is 0. The van der Waals surface area contributed by atoms with Crippen molar-refractivity contribution in [1.29, 1.82) is 0 Å². The molecule has 92 valence electrons. The van der Waals surface area contributed by atoms with Crippen LogP contribution in [-0.4, -0.2) is 10.9 Å². The molecule has 2 aromatic rings. The smallest absolute Gasteiger partial charge is 0.270 e. The highest BCUT2D eigenvalue weighted by Crippen LogP contribution is 2.12. The van der Waals surface area contributed by atoms with Gasteiger partial charge in [0.25, 0.3) is 5.91 Å². The van der Waals surface area contributed by atoms with Gasteiger partial charge in [-0.3, -0.25) is 9.78 Å². The molecule has 0 saturated carbocycles.